The summed E-state index contributed by atoms with van der Waals surface area (Å²) in [6.45, 7) is 1.19. The second-order valence-electron chi connectivity index (χ2n) is 5.31. The first kappa shape index (κ1) is 15.4. The van der Waals surface area contributed by atoms with Crippen LogP contribution in [0.25, 0.3) is 11.0 Å². The molecule has 118 valence electrons. The molecule has 3 rings (SSSR count). The molecule has 0 spiro atoms. The first-order valence-corrected chi connectivity index (χ1v) is 7.15. The molecule has 8 heteroatoms. The zero-order chi connectivity index (χ0) is 16.0. The summed E-state index contributed by atoms with van der Waals surface area (Å²) in [5, 5.41) is 29.6. The quantitative estimate of drug-likeness (QED) is 0.612. The van der Waals surface area contributed by atoms with Crippen molar-refractivity contribution in [2.75, 3.05) is 6.61 Å². The Morgan fingerprint density at radius 2 is 2.14 bits per heavy atom. The Morgan fingerprint density at radius 3 is 2.77 bits per heavy atom. The number of nitrogens with zero attached hydrogens (tertiary/aromatic N) is 1. The van der Waals surface area contributed by atoms with E-state index < -0.39 is 36.8 Å². The maximum absolute atomic E-state index is 13.7. The number of halogens is 1. The number of aliphatic hydroxyl groups excluding tert-OH is 3. The maximum atomic E-state index is 13.7. The lowest BCUT2D eigenvalue weighted by atomic mass is 10.0. The standard InChI is InChI=1S/C14H15FN2O4S/c1-5-6-2-7(12-11(20)10(19)9(4-18)21-12)14(22)17-13(6)16-3-8(5)15/h2-3,9-12,18-20H,4H2,1H3,(H,16,17,22)/t9-,10?,11+,12+/m1/s1. The summed E-state index contributed by atoms with van der Waals surface area (Å²) in [4.78, 5) is 6.82. The van der Waals surface area contributed by atoms with Gasteiger partial charge in [0.05, 0.1) is 12.8 Å². The lowest BCUT2D eigenvalue weighted by Crippen LogP contribution is -2.32. The van der Waals surface area contributed by atoms with E-state index in [0.29, 0.717) is 22.2 Å². The molecular formula is C14H15FN2O4S. The summed E-state index contributed by atoms with van der Waals surface area (Å²) in [5.74, 6) is -0.454. The summed E-state index contributed by atoms with van der Waals surface area (Å²) in [5.41, 5.74) is 1.24. The third-order valence-electron chi connectivity index (χ3n) is 3.97. The Balaban J connectivity index is 2.13. The number of aromatic nitrogens is 2. The van der Waals surface area contributed by atoms with Crippen molar-refractivity contribution in [3.63, 3.8) is 0 Å². The molecule has 6 nitrogen and oxygen atoms in total. The van der Waals surface area contributed by atoms with Gasteiger partial charge in [-0.3, -0.25) is 0 Å². The number of fused-ring (bicyclic) bond motifs is 1. The van der Waals surface area contributed by atoms with Crippen molar-refractivity contribution < 1.29 is 24.4 Å². The first-order valence-electron chi connectivity index (χ1n) is 6.74. The lowest BCUT2D eigenvalue weighted by Gasteiger charge is -2.16. The van der Waals surface area contributed by atoms with Crippen LogP contribution in [-0.2, 0) is 4.74 Å². The Kier molecular flexibility index (Phi) is 3.96. The Morgan fingerprint density at radius 1 is 1.41 bits per heavy atom. The molecule has 0 radical (unpaired) electrons. The largest absolute Gasteiger partial charge is 0.394 e. The van der Waals surface area contributed by atoms with Gasteiger partial charge in [-0.25, -0.2) is 9.37 Å². The van der Waals surface area contributed by atoms with Gasteiger partial charge in [-0.05, 0) is 18.6 Å². The Labute approximate surface area is 130 Å². The summed E-state index contributed by atoms with van der Waals surface area (Å²) in [6.07, 6.45) is -3.13. The SMILES string of the molecule is Cc1c(F)cnc2[nH]c(=S)c([C@@H]3O[C@H](CO)C(O)[C@@H]3O)cc12. The first-order chi connectivity index (χ1) is 10.4. The van der Waals surface area contributed by atoms with Crippen molar-refractivity contribution in [3.8, 4) is 0 Å². The van der Waals surface area contributed by atoms with Gasteiger partial charge in [-0.15, -0.1) is 0 Å². The second-order valence-corrected chi connectivity index (χ2v) is 5.71. The van der Waals surface area contributed by atoms with Crippen molar-refractivity contribution in [2.24, 2.45) is 0 Å². The average molecular weight is 326 g/mol. The van der Waals surface area contributed by atoms with Crippen molar-refractivity contribution >= 4 is 23.3 Å². The molecule has 0 aromatic carbocycles. The van der Waals surface area contributed by atoms with Crippen molar-refractivity contribution in [3.05, 3.63) is 33.8 Å². The predicted octanol–water partition coefficient (Wildman–Crippen LogP) is 0.894. The molecule has 0 aliphatic carbocycles. The van der Waals surface area contributed by atoms with E-state index in [1.54, 1.807) is 13.0 Å². The van der Waals surface area contributed by atoms with Crippen LogP contribution in [0.5, 0.6) is 0 Å². The van der Waals surface area contributed by atoms with Crippen LogP contribution >= 0.6 is 12.2 Å². The van der Waals surface area contributed by atoms with E-state index in [-0.39, 0.29) is 4.64 Å². The van der Waals surface area contributed by atoms with Crippen LogP contribution < -0.4 is 0 Å². The van der Waals surface area contributed by atoms with Crippen molar-refractivity contribution in [2.45, 2.75) is 31.3 Å². The molecule has 2 aromatic rings. The number of aromatic amines is 1. The topological polar surface area (TPSA) is 98.6 Å². The maximum Gasteiger partial charge on any atom is 0.145 e. The van der Waals surface area contributed by atoms with Crippen LogP contribution in [0.2, 0.25) is 0 Å². The minimum Gasteiger partial charge on any atom is -0.394 e. The van der Waals surface area contributed by atoms with Gasteiger partial charge in [0, 0.05) is 10.9 Å². The fourth-order valence-corrected chi connectivity index (χ4v) is 2.91. The highest BCUT2D eigenvalue weighted by Crippen LogP contribution is 2.35. The van der Waals surface area contributed by atoms with Gasteiger partial charge in [-0.2, -0.15) is 0 Å². The molecule has 3 heterocycles. The van der Waals surface area contributed by atoms with Crippen molar-refractivity contribution in [1.29, 1.82) is 0 Å². The summed E-state index contributed by atoms with van der Waals surface area (Å²) >= 11 is 5.23. The van der Waals surface area contributed by atoms with Crippen LogP contribution in [0, 0.1) is 17.4 Å². The number of hydrogen-bond acceptors (Lipinski definition) is 6. The Bertz CT molecular complexity index is 781. The molecule has 2 aromatic heterocycles. The third-order valence-corrected chi connectivity index (χ3v) is 4.30. The predicted molar refractivity (Wildman–Crippen MR) is 78.3 cm³/mol. The normalized spacial score (nSPS) is 28.4. The van der Waals surface area contributed by atoms with Crippen LogP contribution in [0.15, 0.2) is 12.3 Å². The molecular weight excluding hydrogens is 311 g/mol. The zero-order valence-electron chi connectivity index (χ0n) is 11.7. The van der Waals surface area contributed by atoms with E-state index in [1.165, 1.54) is 0 Å². The van der Waals surface area contributed by atoms with Crippen LogP contribution in [0.1, 0.15) is 17.2 Å². The molecule has 1 aliphatic rings. The Hall–Kier alpha value is -1.45. The van der Waals surface area contributed by atoms with E-state index in [4.69, 9.17) is 22.1 Å². The highest BCUT2D eigenvalue weighted by Gasteiger charge is 2.43. The van der Waals surface area contributed by atoms with Gasteiger partial charge in [0.1, 0.15) is 40.5 Å². The summed E-state index contributed by atoms with van der Waals surface area (Å²) < 4.78 is 19.4. The average Bonchev–Trinajstić information content (AvgIpc) is 2.79. The number of aliphatic hydroxyl groups is 3. The number of H-pyrrole nitrogens is 1. The van der Waals surface area contributed by atoms with Gasteiger partial charge in [0.25, 0.3) is 0 Å². The highest BCUT2D eigenvalue weighted by molar-refractivity contribution is 7.71. The van der Waals surface area contributed by atoms with Crippen molar-refractivity contribution in [1.82, 2.24) is 9.97 Å². The fraction of sp³-hybridized carbons (Fsp3) is 0.429. The molecule has 1 aliphatic heterocycles. The van der Waals surface area contributed by atoms with Gasteiger partial charge in [-0.1, -0.05) is 12.2 Å². The van der Waals surface area contributed by atoms with E-state index >= 15 is 0 Å². The highest BCUT2D eigenvalue weighted by atomic mass is 32.1. The second kappa shape index (κ2) is 5.64. The van der Waals surface area contributed by atoms with Crippen LogP contribution in [0.4, 0.5) is 4.39 Å². The van der Waals surface area contributed by atoms with E-state index in [9.17, 15) is 14.6 Å². The monoisotopic (exact) mass is 326 g/mol. The minimum absolute atomic E-state index is 0.279. The lowest BCUT2D eigenvalue weighted by molar-refractivity contribution is -0.0229. The van der Waals surface area contributed by atoms with Gasteiger partial charge >= 0.3 is 0 Å². The minimum atomic E-state index is -1.23. The van der Waals surface area contributed by atoms with E-state index in [2.05, 4.69) is 9.97 Å². The van der Waals surface area contributed by atoms with E-state index in [1.807, 2.05) is 0 Å². The number of rotatable bonds is 2. The molecule has 0 bridgehead atoms. The summed E-state index contributed by atoms with van der Waals surface area (Å²) in [7, 11) is 0. The number of nitrogens with one attached hydrogen (secondary N) is 1. The van der Waals surface area contributed by atoms with Gasteiger partial charge in [0.15, 0.2) is 0 Å². The third kappa shape index (κ3) is 2.33. The molecule has 1 unspecified atom stereocenters. The fourth-order valence-electron chi connectivity index (χ4n) is 2.64. The molecule has 22 heavy (non-hydrogen) atoms. The molecule has 0 amide bonds. The number of ether oxygens (including phenoxy) is 1. The molecule has 4 atom stereocenters. The zero-order valence-corrected chi connectivity index (χ0v) is 12.5. The summed E-state index contributed by atoms with van der Waals surface area (Å²) in [6, 6.07) is 1.60. The van der Waals surface area contributed by atoms with Gasteiger partial charge < -0.3 is 25.0 Å². The molecule has 1 fully saturated rings. The van der Waals surface area contributed by atoms with Gasteiger partial charge in [0.2, 0.25) is 0 Å². The number of aryl methyl sites for hydroxylation is 1. The number of pyridine rings is 2. The molecule has 4 N–H and O–H groups in total. The van der Waals surface area contributed by atoms with E-state index in [0.717, 1.165) is 6.20 Å². The number of hydrogen-bond donors (Lipinski definition) is 4. The molecule has 1 saturated heterocycles. The smallest absolute Gasteiger partial charge is 0.145 e. The van der Waals surface area contributed by atoms with Crippen LogP contribution in [-0.4, -0.2) is 50.2 Å². The molecule has 0 saturated carbocycles. The van der Waals surface area contributed by atoms with Crippen LogP contribution in [0.3, 0.4) is 0 Å².